The molecule has 0 aliphatic heterocycles. The number of hydrogen-bond acceptors (Lipinski definition) is 4. The van der Waals surface area contributed by atoms with Crippen molar-refractivity contribution in [3.05, 3.63) is 29.8 Å². The minimum atomic E-state index is -3.65. The summed E-state index contributed by atoms with van der Waals surface area (Å²) < 4.78 is 30.8. The quantitative estimate of drug-likeness (QED) is 0.768. The van der Waals surface area contributed by atoms with Crippen LogP contribution in [0.2, 0.25) is 0 Å². The summed E-state index contributed by atoms with van der Waals surface area (Å²) in [5.41, 5.74) is 0.0765. The number of carbonyl (C=O) groups is 1. The van der Waals surface area contributed by atoms with E-state index in [0.29, 0.717) is 12.5 Å². The standard InChI is InChI=1S/C13H17NO4S/c1-14(9-10-7-8-10)19(16,17)12-6-4-3-5-11(12)13(15)18-2/h3-6,10H,7-9H2,1-2H3. The molecule has 0 atom stereocenters. The predicted molar refractivity (Wildman–Crippen MR) is 70.3 cm³/mol. The number of rotatable bonds is 5. The average Bonchev–Trinajstić information content (AvgIpc) is 3.21. The molecule has 19 heavy (non-hydrogen) atoms. The summed E-state index contributed by atoms with van der Waals surface area (Å²) in [7, 11) is -0.868. The number of ether oxygens (including phenoxy) is 1. The number of benzene rings is 1. The van der Waals surface area contributed by atoms with Crippen LogP contribution in [0.3, 0.4) is 0 Å². The Morgan fingerprint density at radius 3 is 2.58 bits per heavy atom. The van der Waals surface area contributed by atoms with Crippen molar-refractivity contribution < 1.29 is 17.9 Å². The van der Waals surface area contributed by atoms with E-state index in [4.69, 9.17) is 0 Å². The monoisotopic (exact) mass is 283 g/mol. The van der Waals surface area contributed by atoms with Crippen molar-refractivity contribution >= 4 is 16.0 Å². The molecule has 0 bridgehead atoms. The highest BCUT2D eigenvalue weighted by Gasteiger charge is 2.31. The summed E-state index contributed by atoms with van der Waals surface area (Å²) in [6.45, 7) is 0.498. The number of methoxy groups -OCH3 is 1. The van der Waals surface area contributed by atoms with E-state index in [1.165, 1.54) is 23.5 Å². The Labute approximate surface area is 113 Å². The smallest absolute Gasteiger partial charge is 0.339 e. The zero-order valence-electron chi connectivity index (χ0n) is 11.0. The van der Waals surface area contributed by atoms with Gasteiger partial charge in [0, 0.05) is 13.6 Å². The maximum Gasteiger partial charge on any atom is 0.339 e. The number of sulfonamides is 1. The van der Waals surface area contributed by atoms with Crippen molar-refractivity contribution in [3.63, 3.8) is 0 Å². The normalized spacial score (nSPS) is 15.5. The van der Waals surface area contributed by atoms with E-state index in [9.17, 15) is 13.2 Å². The highest BCUT2D eigenvalue weighted by Crippen LogP contribution is 2.31. The first-order chi connectivity index (χ1) is 8.96. The van der Waals surface area contributed by atoms with Gasteiger partial charge >= 0.3 is 5.97 Å². The van der Waals surface area contributed by atoms with Gasteiger partial charge in [-0.05, 0) is 30.9 Å². The first-order valence-electron chi connectivity index (χ1n) is 6.10. The van der Waals surface area contributed by atoms with E-state index in [1.54, 1.807) is 19.2 Å². The number of nitrogens with zero attached hydrogens (tertiary/aromatic N) is 1. The van der Waals surface area contributed by atoms with Crippen LogP contribution in [-0.2, 0) is 14.8 Å². The highest BCUT2D eigenvalue weighted by molar-refractivity contribution is 7.89. The van der Waals surface area contributed by atoms with Gasteiger partial charge in [-0.25, -0.2) is 17.5 Å². The maximum absolute atomic E-state index is 12.5. The first kappa shape index (κ1) is 14.0. The van der Waals surface area contributed by atoms with Gasteiger partial charge in [0.05, 0.1) is 17.6 Å². The van der Waals surface area contributed by atoms with Crippen LogP contribution in [0.1, 0.15) is 23.2 Å². The van der Waals surface area contributed by atoms with Gasteiger partial charge in [-0.2, -0.15) is 0 Å². The second kappa shape index (κ2) is 5.30. The molecule has 6 heteroatoms. The molecule has 1 saturated carbocycles. The molecule has 0 radical (unpaired) electrons. The molecule has 0 amide bonds. The molecule has 0 N–H and O–H groups in total. The first-order valence-corrected chi connectivity index (χ1v) is 7.54. The van der Waals surface area contributed by atoms with Gasteiger partial charge in [0.1, 0.15) is 0 Å². The highest BCUT2D eigenvalue weighted by atomic mass is 32.2. The fraction of sp³-hybridized carbons (Fsp3) is 0.462. The molecule has 1 aliphatic rings. The Morgan fingerprint density at radius 2 is 2.00 bits per heavy atom. The zero-order valence-corrected chi connectivity index (χ0v) is 11.8. The molecule has 1 aromatic rings. The summed E-state index contributed by atoms with van der Waals surface area (Å²) >= 11 is 0. The van der Waals surface area contributed by atoms with E-state index in [0.717, 1.165) is 12.8 Å². The predicted octanol–water partition coefficient (Wildman–Crippen LogP) is 1.50. The second-order valence-corrected chi connectivity index (χ2v) is 6.73. The lowest BCUT2D eigenvalue weighted by Gasteiger charge is -2.18. The molecule has 1 aliphatic carbocycles. The summed E-state index contributed by atoms with van der Waals surface area (Å²) in [6, 6.07) is 6.12. The fourth-order valence-electron chi connectivity index (χ4n) is 1.90. The fourth-order valence-corrected chi connectivity index (χ4v) is 3.32. The SMILES string of the molecule is COC(=O)c1ccccc1S(=O)(=O)N(C)CC1CC1. The van der Waals surface area contributed by atoms with Crippen LogP contribution in [0.4, 0.5) is 0 Å². The Morgan fingerprint density at radius 1 is 1.37 bits per heavy atom. The number of esters is 1. The zero-order chi connectivity index (χ0) is 14.0. The average molecular weight is 283 g/mol. The van der Waals surface area contributed by atoms with E-state index in [2.05, 4.69) is 4.74 Å². The van der Waals surface area contributed by atoms with Gasteiger partial charge in [-0.15, -0.1) is 0 Å². The topological polar surface area (TPSA) is 63.7 Å². The van der Waals surface area contributed by atoms with Crippen molar-refractivity contribution in [3.8, 4) is 0 Å². The van der Waals surface area contributed by atoms with Gasteiger partial charge in [-0.3, -0.25) is 0 Å². The molecular weight excluding hydrogens is 266 g/mol. The van der Waals surface area contributed by atoms with Crippen LogP contribution < -0.4 is 0 Å². The maximum atomic E-state index is 12.5. The van der Waals surface area contributed by atoms with Crippen LogP contribution in [0.15, 0.2) is 29.2 Å². The summed E-state index contributed by atoms with van der Waals surface area (Å²) in [5.74, 6) is -0.191. The van der Waals surface area contributed by atoms with Gasteiger partial charge < -0.3 is 4.74 Å². The van der Waals surface area contributed by atoms with Crippen molar-refractivity contribution in [1.82, 2.24) is 4.31 Å². The van der Waals surface area contributed by atoms with Crippen LogP contribution in [0, 0.1) is 5.92 Å². The van der Waals surface area contributed by atoms with Crippen LogP contribution in [-0.4, -0.2) is 39.4 Å². The molecule has 5 nitrogen and oxygen atoms in total. The molecule has 0 saturated heterocycles. The third-order valence-electron chi connectivity index (χ3n) is 3.19. The molecule has 0 heterocycles. The summed E-state index contributed by atoms with van der Waals surface area (Å²) in [6.07, 6.45) is 2.14. The molecule has 0 spiro atoms. The minimum Gasteiger partial charge on any atom is -0.465 e. The van der Waals surface area contributed by atoms with Crippen molar-refractivity contribution in [2.75, 3.05) is 20.7 Å². The van der Waals surface area contributed by atoms with Gasteiger partial charge in [0.2, 0.25) is 10.0 Å². The third-order valence-corrected chi connectivity index (χ3v) is 5.07. The second-order valence-electron chi connectivity index (χ2n) is 4.72. The Kier molecular flexibility index (Phi) is 3.91. The van der Waals surface area contributed by atoms with E-state index in [-0.39, 0.29) is 10.5 Å². The number of hydrogen-bond donors (Lipinski definition) is 0. The van der Waals surface area contributed by atoms with Crippen molar-refractivity contribution in [2.45, 2.75) is 17.7 Å². The lowest BCUT2D eigenvalue weighted by atomic mass is 10.2. The molecule has 0 unspecified atom stereocenters. The van der Waals surface area contributed by atoms with E-state index < -0.39 is 16.0 Å². The van der Waals surface area contributed by atoms with Gasteiger partial charge in [0.15, 0.2) is 0 Å². The largest absolute Gasteiger partial charge is 0.465 e. The lowest BCUT2D eigenvalue weighted by Crippen LogP contribution is -2.30. The van der Waals surface area contributed by atoms with E-state index in [1.807, 2.05) is 0 Å². The molecular formula is C13H17NO4S. The number of carbonyl (C=O) groups excluding carboxylic acids is 1. The molecule has 104 valence electrons. The van der Waals surface area contributed by atoms with Crippen LogP contribution in [0.5, 0.6) is 0 Å². The van der Waals surface area contributed by atoms with Crippen LogP contribution in [0.25, 0.3) is 0 Å². The Hall–Kier alpha value is -1.40. The summed E-state index contributed by atoms with van der Waals surface area (Å²) in [4.78, 5) is 11.6. The molecule has 1 aromatic carbocycles. The van der Waals surface area contributed by atoms with Crippen LogP contribution >= 0.6 is 0 Å². The van der Waals surface area contributed by atoms with Crippen molar-refractivity contribution in [2.24, 2.45) is 5.92 Å². The molecule has 1 fully saturated rings. The summed E-state index contributed by atoms with van der Waals surface area (Å²) in [5, 5.41) is 0. The Balaban J connectivity index is 2.36. The van der Waals surface area contributed by atoms with Gasteiger partial charge in [-0.1, -0.05) is 12.1 Å². The van der Waals surface area contributed by atoms with E-state index >= 15 is 0 Å². The van der Waals surface area contributed by atoms with Crippen molar-refractivity contribution in [1.29, 1.82) is 0 Å². The molecule has 2 rings (SSSR count). The Bertz CT molecular complexity index is 578. The molecule has 0 aromatic heterocycles. The minimum absolute atomic E-state index is 0.00463. The van der Waals surface area contributed by atoms with Gasteiger partial charge in [0.25, 0.3) is 0 Å². The third kappa shape index (κ3) is 2.96. The lowest BCUT2D eigenvalue weighted by molar-refractivity contribution is 0.0596.